The molecule has 0 spiro atoms. The highest BCUT2D eigenvalue weighted by atomic mass is 35.5. The number of hydrogen-bond donors (Lipinski definition) is 1. The average Bonchev–Trinajstić information content (AvgIpc) is 2.90. The van der Waals surface area contributed by atoms with Crippen molar-refractivity contribution in [2.45, 2.75) is 33.0 Å². The van der Waals surface area contributed by atoms with Gasteiger partial charge in [0, 0.05) is 34.9 Å². The number of carbonyl (C=O) groups is 1. The van der Waals surface area contributed by atoms with E-state index in [1.807, 2.05) is 11.8 Å². The predicted octanol–water partition coefficient (Wildman–Crippen LogP) is 6.24. The summed E-state index contributed by atoms with van der Waals surface area (Å²) in [4.78, 5) is 13.1. The third kappa shape index (κ3) is 4.68. The quantitative estimate of drug-likeness (QED) is 0.574. The molecule has 8 heteroatoms. The van der Waals surface area contributed by atoms with E-state index in [0.29, 0.717) is 34.8 Å². The van der Waals surface area contributed by atoms with Crippen molar-refractivity contribution in [3.05, 3.63) is 68.4 Å². The van der Waals surface area contributed by atoms with Crippen LogP contribution < -0.4 is 0 Å². The Morgan fingerprint density at radius 3 is 2.56 bits per heavy atom. The van der Waals surface area contributed by atoms with Crippen LogP contribution >= 0.6 is 23.2 Å². The van der Waals surface area contributed by atoms with E-state index in [9.17, 15) is 23.1 Å². The van der Waals surface area contributed by atoms with Crippen molar-refractivity contribution in [2.24, 2.45) is 0 Å². The zero-order valence-electron chi connectivity index (χ0n) is 14.8. The lowest BCUT2D eigenvalue weighted by molar-refractivity contribution is -0.0878. The van der Waals surface area contributed by atoms with E-state index in [1.165, 1.54) is 12.1 Å². The van der Waals surface area contributed by atoms with Crippen LogP contribution in [0.1, 0.15) is 36.2 Å². The Hall–Kier alpha value is -1.92. The number of rotatable bonds is 5. The van der Waals surface area contributed by atoms with Gasteiger partial charge in [-0.05, 0) is 49.6 Å². The number of aromatic carboxylic acids is 1. The van der Waals surface area contributed by atoms with Crippen LogP contribution in [0.5, 0.6) is 0 Å². The highest BCUT2D eigenvalue weighted by Crippen LogP contribution is 2.36. The highest BCUT2D eigenvalue weighted by molar-refractivity contribution is 6.37. The lowest BCUT2D eigenvalue weighted by Crippen LogP contribution is -2.21. The minimum absolute atomic E-state index is 0.0280. The smallest absolute Gasteiger partial charge is 0.415 e. The van der Waals surface area contributed by atoms with Gasteiger partial charge >= 0.3 is 12.1 Å². The van der Waals surface area contributed by atoms with E-state index in [0.717, 1.165) is 11.6 Å². The van der Waals surface area contributed by atoms with Gasteiger partial charge in [0.25, 0.3) is 0 Å². The van der Waals surface area contributed by atoms with E-state index in [-0.39, 0.29) is 17.1 Å². The number of alkyl halides is 3. The number of benzene rings is 1. The van der Waals surface area contributed by atoms with E-state index in [2.05, 4.69) is 6.58 Å². The lowest BCUT2D eigenvalue weighted by Gasteiger charge is -2.25. The summed E-state index contributed by atoms with van der Waals surface area (Å²) in [6.45, 7) is 7.27. The van der Waals surface area contributed by atoms with Gasteiger partial charge in [-0.2, -0.15) is 13.2 Å². The molecule has 2 rings (SSSR count). The monoisotopic (exact) mass is 419 g/mol. The molecule has 1 aliphatic rings. The van der Waals surface area contributed by atoms with Crippen molar-refractivity contribution < 1.29 is 23.1 Å². The number of nitrogens with zero attached hydrogens (tertiary/aromatic N) is 1. The van der Waals surface area contributed by atoms with Gasteiger partial charge in [-0.1, -0.05) is 29.8 Å². The number of halogens is 5. The van der Waals surface area contributed by atoms with Crippen molar-refractivity contribution in [1.82, 2.24) is 4.90 Å². The van der Waals surface area contributed by atoms with Crippen molar-refractivity contribution >= 4 is 29.2 Å². The molecule has 0 amide bonds. The fourth-order valence-electron chi connectivity index (χ4n) is 3.06. The fourth-order valence-corrected chi connectivity index (χ4v) is 3.63. The molecule has 146 valence electrons. The van der Waals surface area contributed by atoms with Crippen molar-refractivity contribution in [1.29, 1.82) is 0 Å². The van der Waals surface area contributed by atoms with E-state index >= 15 is 0 Å². The second-order valence-corrected chi connectivity index (χ2v) is 7.13. The maximum atomic E-state index is 12.8. The average molecular weight is 420 g/mol. The molecule has 27 heavy (non-hydrogen) atoms. The molecule has 0 saturated heterocycles. The van der Waals surface area contributed by atoms with Gasteiger partial charge in [0.2, 0.25) is 0 Å². The van der Waals surface area contributed by atoms with Gasteiger partial charge in [0.05, 0.1) is 10.6 Å². The molecule has 1 aromatic carbocycles. The number of hydrogen-bond acceptors (Lipinski definition) is 2. The summed E-state index contributed by atoms with van der Waals surface area (Å²) < 4.78 is 38.4. The molecule has 1 aliphatic heterocycles. The second kappa shape index (κ2) is 7.98. The summed E-state index contributed by atoms with van der Waals surface area (Å²) in [7, 11) is 0. The summed E-state index contributed by atoms with van der Waals surface area (Å²) in [5.41, 5.74) is 1.43. The molecule has 1 aromatic rings. The molecule has 0 radical (unpaired) electrons. The summed E-state index contributed by atoms with van der Waals surface area (Å²) in [5.74, 6) is -1.18. The summed E-state index contributed by atoms with van der Waals surface area (Å²) >= 11 is 12.4. The van der Waals surface area contributed by atoms with Gasteiger partial charge in [-0.3, -0.25) is 0 Å². The molecule has 0 bridgehead atoms. The maximum absolute atomic E-state index is 12.8. The van der Waals surface area contributed by atoms with Crippen LogP contribution in [-0.4, -0.2) is 28.7 Å². The first-order valence-electron chi connectivity index (χ1n) is 8.03. The van der Waals surface area contributed by atoms with Crippen LogP contribution in [0.25, 0.3) is 0 Å². The zero-order chi connectivity index (χ0) is 20.5. The van der Waals surface area contributed by atoms with E-state index in [1.54, 1.807) is 6.92 Å². The maximum Gasteiger partial charge on any atom is 0.415 e. The molecular formula is C19H18Cl2F3NO2. The molecule has 0 saturated carbocycles. The van der Waals surface area contributed by atoms with Gasteiger partial charge in [-0.25, -0.2) is 4.79 Å². The number of carboxylic acids is 1. The molecule has 1 N–H and O–H groups in total. The normalized spacial score (nSPS) is 15.5. The second-order valence-electron chi connectivity index (χ2n) is 6.34. The first-order valence-corrected chi connectivity index (χ1v) is 8.78. The Morgan fingerprint density at radius 1 is 1.37 bits per heavy atom. The Morgan fingerprint density at radius 2 is 2.00 bits per heavy atom. The van der Waals surface area contributed by atoms with Crippen LogP contribution in [0, 0.1) is 0 Å². The van der Waals surface area contributed by atoms with Crippen molar-refractivity contribution in [3.8, 4) is 0 Å². The van der Waals surface area contributed by atoms with Gasteiger partial charge in [0.1, 0.15) is 0 Å². The van der Waals surface area contributed by atoms with E-state index in [4.69, 9.17) is 23.2 Å². The molecular weight excluding hydrogens is 402 g/mol. The van der Waals surface area contributed by atoms with Crippen LogP contribution in [0.2, 0.25) is 10.0 Å². The Kier molecular flexibility index (Phi) is 6.32. The largest absolute Gasteiger partial charge is 0.478 e. The van der Waals surface area contributed by atoms with E-state index < -0.39 is 17.7 Å². The third-order valence-electron chi connectivity index (χ3n) is 4.37. The standard InChI is InChI=1S/C19H18Cl2F3NO2/c1-10-6-7-25(17(10)11(2)8-12(3)19(22,23)24)9-14-15(20)5-4-13(16(14)21)18(26)27/h4-5,8H,3,6-7,9H2,1-2H3,(H,26,27)/b11-8-. The molecule has 0 fully saturated rings. The summed E-state index contributed by atoms with van der Waals surface area (Å²) in [6, 6.07) is 2.77. The topological polar surface area (TPSA) is 40.5 Å². The molecule has 0 unspecified atom stereocenters. The third-order valence-corrected chi connectivity index (χ3v) is 5.16. The van der Waals surface area contributed by atoms with Crippen molar-refractivity contribution in [2.75, 3.05) is 6.54 Å². The highest BCUT2D eigenvalue weighted by Gasteiger charge is 2.31. The van der Waals surface area contributed by atoms with Crippen LogP contribution in [0.4, 0.5) is 13.2 Å². The Balaban J connectivity index is 2.38. The number of allylic oxidation sites excluding steroid dienone is 3. The lowest BCUT2D eigenvalue weighted by atomic mass is 10.1. The summed E-state index contributed by atoms with van der Waals surface area (Å²) in [6.07, 6.45) is -2.82. The minimum Gasteiger partial charge on any atom is -0.478 e. The minimum atomic E-state index is -4.50. The number of carboxylic acid groups (broad SMARTS) is 1. The predicted molar refractivity (Wildman–Crippen MR) is 100 cm³/mol. The molecule has 1 heterocycles. The van der Waals surface area contributed by atoms with Gasteiger partial charge < -0.3 is 10.0 Å². The fraction of sp³-hybridized carbons (Fsp3) is 0.316. The summed E-state index contributed by atoms with van der Waals surface area (Å²) in [5, 5.41) is 9.55. The zero-order valence-corrected chi connectivity index (χ0v) is 16.3. The molecule has 0 atom stereocenters. The van der Waals surface area contributed by atoms with Gasteiger partial charge in [0.15, 0.2) is 0 Å². The van der Waals surface area contributed by atoms with Crippen LogP contribution in [0.15, 0.2) is 47.2 Å². The molecule has 0 aromatic heterocycles. The van der Waals surface area contributed by atoms with Crippen molar-refractivity contribution in [3.63, 3.8) is 0 Å². The Bertz CT molecular complexity index is 857. The SMILES string of the molecule is C=C(/C=C(/C)C1=C(C)CCN1Cc1c(Cl)ccc(C(=O)O)c1Cl)C(F)(F)F. The van der Waals surface area contributed by atoms with Crippen LogP contribution in [-0.2, 0) is 6.54 Å². The molecule has 3 nitrogen and oxygen atoms in total. The molecule has 0 aliphatic carbocycles. The van der Waals surface area contributed by atoms with Crippen LogP contribution in [0.3, 0.4) is 0 Å². The van der Waals surface area contributed by atoms with Gasteiger partial charge in [-0.15, -0.1) is 0 Å². The Labute approximate surface area is 165 Å². The first-order chi connectivity index (χ1) is 12.4. The first kappa shape index (κ1) is 21.4.